The number of hydrogen-bond acceptors (Lipinski definition) is 6. The third-order valence-corrected chi connectivity index (χ3v) is 4.68. The second-order valence-corrected chi connectivity index (χ2v) is 7.26. The van der Waals surface area contributed by atoms with Crippen molar-refractivity contribution in [3.05, 3.63) is 87.4 Å². The highest BCUT2D eigenvalue weighted by atomic mass is 19.3. The van der Waals surface area contributed by atoms with Crippen LogP contribution in [0.3, 0.4) is 0 Å². The molecule has 1 amide bonds. The van der Waals surface area contributed by atoms with E-state index in [0.717, 1.165) is 22.3 Å². The first-order valence-electron chi connectivity index (χ1n) is 9.70. The zero-order valence-corrected chi connectivity index (χ0v) is 17.5. The molecule has 2 aromatic heterocycles. The Labute approximate surface area is 185 Å². The molecule has 33 heavy (non-hydrogen) atoms. The number of alkyl halides is 2. The quantitative estimate of drug-likeness (QED) is 0.316. The summed E-state index contributed by atoms with van der Waals surface area (Å²) >= 11 is 0. The fourth-order valence-electron chi connectivity index (χ4n) is 3.26. The molecule has 168 valence electrons. The van der Waals surface area contributed by atoms with Crippen LogP contribution in [0.15, 0.2) is 54.7 Å². The Balaban J connectivity index is 1.68. The Bertz CT molecular complexity index is 1390. The molecule has 0 atom stereocenters. The van der Waals surface area contributed by atoms with Gasteiger partial charge in [-0.15, -0.1) is 0 Å². The molecule has 2 heterocycles. The van der Waals surface area contributed by atoms with Gasteiger partial charge in [-0.3, -0.25) is 14.9 Å². The first-order chi connectivity index (χ1) is 15.7. The molecule has 4 aromatic rings. The van der Waals surface area contributed by atoms with Crippen molar-refractivity contribution in [3.63, 3.8) is 0 Å². The van der Waals surface area contributed by atoms with Crippen LogP contribution in [0.5, 0.6) is 11.5 Å². The summed E-state index contributed by atoms with van der Waals surface area (Å²) < 4.78 is 33.3. The van der Waals surface area contributed by atoms with E-state index in [1.165, 1.54) is 25.1 Å². The number of aromatic nitrogens is 3. The maximum absolute atomic E-state index is 13.3. The Hall–Kier alpha value is -4.41. The highest BCUT2D eigenvalue weighted by Crippen LogP contribution is 2.30. The molecule has 0 saturated carbocycles. The number of nitro groups is 1. The molecule has 0 fully saturated rings. The van der Waals surface area contributed by atoms with Crippen molar-refractivity contribution in [2.24, 2.45) is 0 Å². The van der Waals surface area contributed by atoms with Crippen molar-refractivity contribution in [2.45, 2.75) is 20.3 Å². The monoisotopic (exact) mass is 453 g/mol. The van der Waals surface area contributed by atoms with E-state index in [2.05, 4.69) is 15.4 Å². The number of non-ortho nitro benzene ring substituents is 1. The number of nitrogens with zero attached hydrogens (tertiary/aromatic N) is 4. The number of ether oxygens (including phenoxy) is 1. The lowest BCUT2D eigenvalue weighted by molar-refractivity contribution is -0.384. The van der Waals surface area contributed by atoms with Gasteiger partial charge in [0, 0.05) is 17.8 Å². The van der Waals surface area contributed by atoms with E-state index in [-0.39, 0.29) is 34.0 Å². The van der Waals surface area contributed by atoms with Crippen LogP contribution in [0.4, 0.5) is 20.2 Å². The Kier molecular flexibility index (Phi) is 5.69. The van der Waals surface area contributed by atoms with Gasteiger partial charge in [0.2, 0.25) is 0 Å². The van der Waals surface area contributed by atoms with Crippen LogP contribution in [-0.4, -0.2) is 25.4 Å². The normalized spacial score (nSPS) is 11.1. The summed E-state index contributed by atoms with van der Waals surface area (Å²) in [5, 5.41) is 17.8. The predicted molar refractivity (Wildman–Crippen MR) is 115 cm³/mol. The van der Waals surface area contributed by atoms with Crippen LogP contribution in [0, 0.1) is 24.0 Å². The largest absolute Gasteiger partial charge is 0.457 e. The van der Waals surface area contributed by atoms with Crippen LogP contribution in [0.25, 0.3) is 5.65 Å². The first kappa shape index (κ1) is 21.8. The summed E-state index contributed by atoms with van der Waals surface area (Å²) in [6.07, 6.45) is -1.70. The smallest absolute Gasteiger partial charge is 0.280 e. The van der Waals surface area contributed by atoms with Gasteiger partial charge in [-0.2, -0.15) is 5.10 Å². The predicted octanol–water partition coefficient (Wildman–Crippen LogP) is 5.24. The number of aryl methyl sites for hydroxylation is 2. The van der Waals surface area contributed by atoms with Gasteiger partial charge in [0.1, 0.15) is 22.8 Å². The van der Waals surface area contributed by atoms with Crippen LogP contribution in [0.2, 0.25) is 0 Å². The van der Waals surface area contributed by atoms with E-state index in [1.54, 1.807) is 18.2 Å². The number of benzene rings is 2. The van der Waals surface area contributed by atoms with Crippen molar-refractivity contribution < 1.29 is 23.2 Å². The van der Waals surface area contributed by atoms with E-state index >= 15 is 0 Å². The van der Waals surface area contributed by atoms with Gasteiger partial charge in [-0.05, 0) is 37.6 Å². The average molecular weight is 453 g/mol. The number of halogens is 2. The highest BCUT2D eigenvalue weighted by Gasteiger charge is 2.21. The Morgan fingerprint density at radius 1 is 1.15 bits per heavy atom. The minimum atomic E-state index is -2.82. The number of carbonyl (C=O) groups is 1. The van der Waals surface area contributed by atoms with Crippen molar-refractivity contribution in [3.8, 4) is 11.5 Å². The van der Waals surface area contributed by atoms with Gasteiger partial charge in [0.25, 0.3) is 18.0 Å². The van der Waals surface area contributed by atoms with E-state index in [0.29, 0.717) is 5.75 Å². The molecular weight excluding hydrogens is 436 g/mol. The summed E-state index contributed by atoms with van der Waals surface area (Å²) in [4.78, 5) is 27.8. The van der Waals surface area contributed by atoms with E-state index in [4.69, 9.17) is 4.74 Å². The summed E-state index contributed by atoms with van der Waals surface area (Å²) in [5.74, 6) is -0.112. The average Bonchev–Trinajstić information content (AvgIpc) is 3.16. The zero-order valence-electron chi connectivity index (χ0n) is 17.5. The van der Waals surface area contributed by atoms with Gasteiger partial charge in [0.15, 0.2) is 5.65 Å². The molecular formula is C22H17F2N5O4. The minimum Gasteiger partial charge on any atom is -0.457 e. The fraction of sp³-hybridized carbons (Fsp3) is 0.136. The molecule has 0 spiro atoms. The third-order valence-electron chi connectivity index (χ3n) is 4.68. The second-order valence-electron chi connectivity index (χ2n) is 7.26. The third kappa shape index (κ3) is 4.61. The van der Waals surface area contributed by atoms with Crippen LogP contribution >= 0.6 is 0 Å². The van der Waals surface area contributed by atoms with Crippen LogP contribution < -0.4 is 10.1 Å². The van der Waals surface area contributed by atoms with E-state index < -0.39 is 22.9 Å². The van der Waals surface area contributed by atoms with Gasteiger partial charge in [0.05, 0.1) is 22.9 Å². The number of rotatable bonds is 6. The second kappa shape index (κ2) is 8.61. The number of anilines is 1. The zero-order chi connectivity index (χ0) is 23.7. The number of nitro benzene ring substituents is 1. The van der Waals surface area contributed by atoms with Crippen LogP contribution in [-0.2, 0) is 0 Å². The first-order valence-corrected chi connectivity index (χ1v) is 9.70. The Morgan fingerprint density at radius 2 is 1.94 bits per heavy atom. The minimum absolute atomic E-state index is 0.0514. The fourth-order valence-corrected chi connectivity index (χ4v) is 3.26. The lowest BCUT2D eigenvalue weighted by Gasteiger charge is -2.10. The summed E-state index contributed by atoms with van der Waals surface area (Å²) in [5.41, 5.74) is 0.489. The summed E-state index contributed by atoms with van der Waals surface area (Å²) in [6.45, 7) is 3.40. The van der Waals surface area contributed by atoms with Crippen LogP contribution in [0.1, 0.15) is 33.7 Å². The summed E-state index contributed by atoms with van der Waals surface area (Å²) in [7, 11) is 0. The van der Waals surface area contributed by atoms with Crippen molar-refractivity contribution in [2.75, 3.05) is 5.32 Å². The topological polar surface area (TPSA) is 112 Å². The highest BCUT2D eigenvalue weighted by molar-refractivity contribution is 6.08. The van der Waals surface area contributed by atoms with E-state index in [1.807, 2.05) is 13.0 Å². The molecule has 0 radical (unpaired) electrons. The number of nitrogens with one attached hydrogen (secondary N) is 1. The van der Waals surface area contributed by atoms with Gasteiger partial charge >= 0.3 is 0 Å². The molecule has 2 aromatic carbocycles. The van der Waals surface area contributed by atoms with E-state index in [9.17, 15) is 23.7 Å². The maximum atomic E-state index is 13.3. The van der Waals surface area contributed by atoms with Crippen molar-refractivity contribution in [1.82, 2.24) is 14.6 Å². The number of amides is 1. The molecule has 11 heteroatoms. The lowest BCUT2D eigenvalue weighted by atomic mass is 10.2. The Morgan fingerprint density at radius 3 is 2.64 bits per heavy atom. The summed E-state index contributed by atoms with van der Waals surface area (Å²) in [6, 6.07) is 12.1. The lowest BCUT2D eigenvalue weighted by Crippen LogP contribution is -2.13. The molecule has 1 N–H and O–H groups in total. The molecule has 0 bridgehead atoms. The number of carbonyl (C=O) groups excluding carboxylic acids is 1. The number of fused-ring (bicyclic) bond motifs is 1. The molecule has 0 saturated heterocycles. The standard InChI is InChI=1S/C22H17F2N5O4/c1-12-4-3-5-16(6-12)33-17-9-14(8-15(10-17)29(31)32)27-22(30)18-11-25-28-19(20(23)24)7-13(2)26-21(18)28/h3-11,20H,1-2H3,(H,27,30). The van der Waals surface area contributed by atoms with Crippen molar-refractivity contribution >= 4 is 22.9 Å². The molecule has 9 nitrogen and oxygen atoms in total. The maximum Gasteiger partial charge on any atom is 0.280 e. The van der Waals surface area contributed by atoms with Crippen molar-refractivity contribution in [1.29, 1.82) is 0 Å². The van der Waals surface area contributed by atoms with Gasteiger partial charge in [-0.25, -0.2) is 18.3 Å². The molecule has 0 unspecified atom stereocenters. The molecule has 0 aliphatic rings. The molecule has 0 aliphatic heterocycles. The van der Waals surface area contributed by atoms with Gasteiger partial charge < -0.3 is 10.1 Å². The molecule has 4 rings (SSSR count). The molecule has 0 aliphatic carbocycles. The number of hydrogen-bond donors (Lipinski definition) is 1. The van der Waals surface area contributed by atoms with Gasteiger partial charge in [-0.1, -0.05) is 12.1 Å². The SMILES string of the molecule is Cc1cccc(Oc2cc(NC(=O)c3cnn4c(C(F)F)cc(C)nc34)cc([N+](=O)[O-])c2)c1.